The molecule has 88 valence electrons. The summed E-state index contributed by atoms with van der Waals surface area (Å²) >= 11 is 0. The van der Waals surface area contributed by atoms with Crippen molar-refractivity contribution in [2.24, 2.45) is 5.14 Å². The summed E-state index contributed by atoms with van der Waals surface area (Å²) in [6, 6.07) is 11.0. The van der Waals surface area contributed by atoms with E-state index in [4.69, 9.17) is 5.14 Å². The summed E-state index contributed by atoms with van der Waals surface area (Å²) in [7, 11) is -3.82. The van der Waals surface area contributed by atoms with Crippen molar-refractivity contribution in [1.29, 1.82) is 0 Å². The third-order valence-electron chi connectivity index (χ3n) is 2.46. The van der Waals surface area contributed by atoms with Gasteiger partial charge in [-0.15, -0.1) is 0 Å². The van der Waals surface area contributed by atoms with E-state index in [-0.39, 0.29) is 5.03 Å². The highest BCUT2D eigenvalue weighted by molar-refractivity contribution is 7.89. The van der Waals surface area contributed by atoms with Crippen molar-refractivity contribution in [1.82, 2.24) is 4.98 Å². The Morgan fingerprint density at radius 2 is 1.76 bits per heavy atom. The molecular weight excluding hydrogens is 236 g/mol. The lowest BCUT2D eigenvalue weighted by Gasteiger charge is -2.09. The summed E-state index contributed by atoms with van der Waals surface area (Å²) < 4.78 is 23.0. The first kappa shape index (κ1) is 11.8. The third kappa shape index (κ3) is 2.35. The summed E-state index contributed by atoms with van der Waals surface area (Å²) in [4.78, 5) is 3.87. The fraction of sp³-hybridized carbons (Fsp3) is 0.0833. The first-order valence-electron chi connectivity index (χ1n) is 5.04. The standard InChI is InChI=1S/C12H12N2O2S/c1-9-7-8-14-12(17(13,15)16)11(9)10-5-3-2-4-6-10/h2-8H,1H3,(H2,13,15,16). The van der Waals surface area contributed by atoms with Crippen LogP contribution in [0.4, 0.5) is 0 Å². The van der Waals surface area contributed by atoms with Crippen LogP contribution in [0.15, 0.2) is 47.6 Å². The number of hydrogen-bond donors (Lipinski definition) is 1. The highest BCUT2D eigenvalue weighted by Crippen LogP contribution is 2.27. The van der Waals surface area contributed by atoms with E-state index in [1.165, 1.54) is 6.20 Å². The molecule has 0 atom stereocenters. The molecule has 5 heteroatoms. The third-order valence-corrected chi connectivity index (χ3v) is 3.31. The number of nitrogens with zero attached hydrogens (tertiary/aromatic N) is 1. The molecule has 0 saturated heterocycles. The fourth-order valence-electron chi connectivity index (χ4n) is 1.71. The Kier molecular flexibility index (Phi) is 2.95. The number of sulfonamides is 1. The van der Waals surface area contributed by atoms with Crippen molar-refractivity contribution < 1.29 is 8.42 Å². The Morgan fingerprint density at radius 3 is 2.35 bits per heavy atom. The van der Waals surface area contributed by atoms with Gasteiger partial charge < -0.3 is 0 Å². The topological polar surface area (TPSA) is 73.0 Å². The second-order valence-electron chi connectivity index (χ2n) is 3.72. The molecule has 17 heavy (non-hydrogen) atoms. The molecule has 0 aliphatic heterocycles. The number of primary sulfonamides is 1. The number of aromatic nitrogens is 1. The van der Waals surface area contributed by atoms with Gasteiger partial charge in [-0.25, -0.2) is 18.5 Å². The molecule has 0 saturated carbocycles. The van der Waals surface area contributed by atoms with Crippen LogP contribution < -0.4 is 5.14 Å². The molecule has 0 amide bonds. The molecule has 1 aromatic heterocycles. The summed E-state index contributed by atoms with van der Waals surface area (Å²) in [5.74, 6) is 0. The summed E-state index contributed by atoms with van der Waals surface area (Å²) in [5, 5.41) is 5.09. The molecule has 1 heterocycles. The Labute approximate surface area is 100 Å². The number of nitrogens with two attached hydrogens (primary N) is 1. The maximum absolute atomic E-state index is 11.5. The van der Waals surface area contributed by atoms with Gasteiger partial charge in [-0.1, -0.05) is 30.3 Å². The van der Waals surface area contributed by atoms with E-state index in [1.807, 2.05) is 37.3 Å². The molecule has 0 aliphatic carbocycles. The van der Waals surface area contributed by atoms with E-state index in [0.717, 1.165) is 11.1 Å². The average Bonchev–Trinajstić information content (AvgIpc) is 2.28. The highest BCUT2D eigenvalue weighted by atomic mass is 32.2. The van der Waals surface area contributed by atoms with Gasteiger partial charge in [0.2, 0.25) is 0 Å². The molecular formula is C12H12N2O2S. The Balaban J connectivity index is 2.78. The van der Waals surface area contributed by atoms with Crippen LogP contribution in [0.3, 0.4) is 0 Å². The number of benzene rings is 1. The second-order valence-corrected chi connectivity index (χ2v) is 5.20. The van der Waals surface area contributed by atoms with E-state index in [1.54, 1.807) is 6.07 Å². The molecule has 0 bridgehead atoms. The Bertz CT molecular complexity index is 637. The average molecular weight is 248 g/mol. The minimum absolute atomic E-state index is 0.0799. The van der Waals surface area contributed by atoms with Crippen molar-refractivity contribution in [2.45, 2.75) is 11.9 Å². The smallest absolute Gasteiger partial charge is 0.243 e. The van der Waals surface area contributed by atoms with Crippen LogP contribution in [0.5, 0.6) is 0 Å². The van der Waals surface area contributed by atoms with Crippen LogP contribution in [0.1, 0.15) is 5.56 Å². The van der Waals surface area contributed by atoms with Gasteiger partial charge in [-0.3, -0.25) is 0 Å². The number of pyridine rings is 1. The van der Waals surface area contributed by atoms with Gasteiger partial charge in [0, 0.05) is 11.8 Å². The van der Waals surface area contributed by atoms with E-state index in [0.29, 0.717) is 5.56 Å². The molecule has 0 fully saturated rings. The summed E-state index contributed by atoms with van der Waals surface area (Å²) in [5.41, 5.74) is 2.19. The van der Waals surface area contributed by atoms with Crippen molar-refractivity contribution in [3.8, 4) is 11.1 Å². The lowest BCUT2D eigenvalue weighted by molar-refractivity contribution is 0.594. The predicted octanol–water partition coefficient (Wildman–Crippen LogP) is 1.70. The van der Waals surface area contributed by atoms with Gasteiger partial charge >= 0.3 is 0 Å². The molecule has 0 aliphatic rings. The molecule has 0 unspecified atom stereocenters. The van der Waals surface area contributed by atoms with Crippen LogP contribution in [0, 0.1) is 6.92 Å². The van der Waals surface area contributed by atoms with Crippen molar-refractivity contribution in [3.63, 3.8) is 0 Å². The van der Waals surface area contributed by atoms with Gasteiger partial charge in [-0.05, 0) is 24.1 Å². The van der Waals surface area contributed by atoms with E-state index in [2.05, 4.69) is 4.98 Å². The number of hydrogen-bond acceptors (Lipinski definition) is 3. The van der Waals surface area contributed by atoms with E-state index < -0.39 is 10.0 Å². The molecule has 4 nitrogen and oxygen atoms in total. The van der Waals surface area contributed by atoms with E-state index >= 15 is 0 Å². The summed E-state index contributed by atoms with van der Waals surface area (Å²) in [6.07, 6.45) is 1.45. The van der Waals surface area contributed by atoms with Gasteiger partial charge in [0.25, 0.3) is 10.0 Å². The lowest BCUT2D eigenvalue weighted by Crippen LogP contribution is -2.15. The van der Waals surface area contributed by atoms with Gasteiger partial charge in [0.15, 0.2) is 5.03 Å². The summed E-state index contributed by atoms with van der Waals surface area (Å²) in [6.45, 7) is 1.83. The van der Waals surface area contributed by atoms with Gasteiger partial charge in [-0.2, -0.15) is 0 Å². The normalized spacial score (nSPS) is 11.4. The number of rotatable bonds is 2. The zero-order valence-corrected chi connectivity index (χ0v) is 10.1. The number of aryl methyl sites for hydroxylation is 1. The maximum atomic E-state index is 11.5. The first-order chi connectivity index (χ1) is 8.00. The molecule has 0 spiro atoms. The molecule has 2 rings (SSSR count). The zero-order valence-electron chi connectivity index (χ0n) is 9.29. The predicted molar refractivity (Wildman–Crippen MR) is 65.8 cm³/mol. The molecule has 0 radical (unpaired) electrons. The van der Waals surface area contributed by atoms with Crippen LogP contribution in [-0.4, -0.2) is 13.4 Å². The first-order valence-corrected chi connectivity index (χ1v) is 6.58. The van der Waals surface area contributed by atoms with Crippen LogP contribution in [-0.2, 0) is 10.0 Å². The zero-order chi connectivity index (χ0) is 12.5. The highest BCUT2D eigenvalue weighted by Gasteiger charge is 2.18. The van der Waals surface area contributed by atoms with Gasteiger partial charge in [0.05, 0.1) is 0 Å². The van der Waals surface area contributed by atoms with Crippen molar-refractivity contribution in [3.05, 3.63) is 48.2 Å². The molecule has 2 N–H and O–H groups in total. The van der Waals surface area contributed by atoms with Crippen LogP contribution >= 0.6 is 0 Å². The van der Waals surface area contributed by atoms with E-state index in [9.17, 15) is 8.42 Å². The Hall–Kier alpha value is -1.72. The van der Waals surface area contributed by atoms with Crippen LogP contribution in [0.25, 0.3) is 11.1 Å². The quantitative estimate of drug-likeness (QED) is 0.879. The second kappa shape index (κ2) is 4.27. The largest absolute Gasteiger partial charge is 0.256 e. The van der Waals surface area contributed by atoms with Crippen molar-refractivity contribution >= 4 is 10.0 Å². The monoisotopic (exact) mass is 248 g/mol. The Morgan fingerprint density at radius 1 is 1.12 bits per heavy atom. The van der Waals surface area contributed by atoms with Gasteiger partial charge in [0.1, 0.15) is 0 Å². The minimum Gasteiger partial charge on any atom is -0.243 e. The van der Waals surface area contributed by atoms with Crippen LogP contribution in [0.2, 0.25) is 0 Å². The fourth-order valence-corrected chi connectivity index (χ4v) is 2.48. The van der Waals surface area contributed by atoms with Crippen molar-refractivity contribution in [2.75, 3.05) is 0 Å². The maximum Gasteiger partial charge on any atom is 0.256 e. The molecule has 2 aromatic rings. The minimum atomic E-state index is -3.82. The SMILES string of the molecule is Cc1ccnc(S(N)(=O)=O)c1-c1ccccc1. The molecule has 1 aromatic carbocycles. The lowest BCUT2D eigenvalue weighted by atomic mass is 10.0.